The number of rotatable bonds is 5. The third kappa shape index (κ3) is 6.10. The predicted molar refractivity (Wildman–Crippen MR) is 266 cm³/mol. The van der Waals surface area contributed by atoms with Gasteiger partial charge in [-0.3, -0.25) is 0 Å². The summed E-state index contributed by atoms with van der Waals surface area (Å²) in [5, 5.41) is 7.01. The zero-order valence-corrected chi connectivity index (χ0v) is 39.7. The predicted octanol–water partition coefficient (Wildman–Crippen LogP) is 15.1. The number of hydrogen-bond donors (Lipinski definition) is 0. The summed E-state index contributed by atoms with van der Waals surface area (Å²) >= 11 is 2.41. The van der Waals surface area contributed by atoms with Crippen LogP contribution < -0.4 is 4.74 Å². The molecule has 7 aromatic carbocycles. The van der Waals surface area contributed by atoms with Crippen LogP contribution in [0.5, 0.6) is 11.5 Å². The van der Waals surface area contributed by atoms with Crippen LogP contribution in [0.25, 0.3) is 88.1 Å². The summed E-state index contributed by atoms with van der Waals surface area (Å²) < 4.78 is 42.9. The molecule has 0 saturated carbocycles. The van der Waals surface area contributed by atoms with E-state index < -0.39 is 6.85 Å². The van der Waals surface area contributed by atoms with E-state index in [-0.39, 0.29) is 22.1 Å². The van der Waals surface area contributed by atoms with E-state index in [9.17, 15) is 0 Å². The fourth-order valence-corrected chi connectivity index (χ4v) is 11.1. The van der Waals surface area contributed by atoms with Gasteiger partial charge in [-0.25, -0.2) is 0 Å². The summed E-state index contributed by atoms with van der Waals surface area (Å²) in [6.45, 7) is 13.2. The van der Waals surface area contributed by atoms with E-state index in [1.807, 2.05) is 42.6 Å². The SMILES string of the molecule is [2H]C([2H])([2H])c1ccc(-n2[c](=[Pt])n(-c3cc(C(C)(C)C)cc(C(C)(C)C)c3)c3ccccc32)cc1Oc1ccc2c3cc4c5cccc6c7ccccc7n(c4cc3n(-c3cc(C)ccn3)c2c1)c65. The minimum atomic E-state index is -2.44. The first-order valence-corrected chi connectivity index (χ1v) is 23.3. The maximum Gasteiger partial charge on any atom is 0.0620 e. The monoisotopic (exact) mass is 1030 g/mol. The van der Waals surface area contributed by atoms with Gasteiger partial charge >= 0.3 is 285 Å². The average molecular weight is 1030 g/mol. The molecule has 0 aliphatic rings. The van der Waals surface area contributed by atoms with Crippen molar-refractivity contribution in [2.24, 2.45) is 0 Å². The number of aryl methyl sites for hydroxylation is 2. The molecule has 12 aromatic rings. The number of pyridine rings is 1. The number of para-hydroxylation sites is 4. The number of aromatic nitrogens is 5. The molecule has 0 aliphatic heterocycles. The molecular formula is C58H49N5OPt. The molecule has 0 N–H and O–H groups in total. The molecule has 6 nitrogen and oxygen atoms in total. The Morgan fingerprint density at radius 2 is 1.15 bits per heavy atom. The number of ether oxygens (including phenoxy) is 1. The van der Waals surface area contributed by atoms with Gasteiger partial charge < -0.3 is 4.40 Å². The molecule has 12 rings (SSSR count). The van der Waals surface area contributed by atoms with Gasteiger partial charge in [-0.15, -0.1) is 0 Å². The van der Waals surface area contributed by atoms with Crippen molar-refractivity contribution in [3.63, 3.8) is 0 Å². The van der Waals surface area contributed by atoms with Crippen LogP contribution in [0.15, 0.2) is 152 Å². The van der Waals surface area contributed by atoms with Gasteiger partial charge in [0.2, 0.25) is 0 Å². The van der Waals surface area contributed by atoms with Gasteiger partial charge in [0, 0.05) is 27.7 Å². The van der Waals surface area contributed by atoms with E-state index >= 15 is 0 Å². The quantitative estimate of drug-likeness (QED) is 0.172. The molecule has 5 heterocycles. The number of nitrogens with zero attached hydrogens (tertiary/aromatic N) is 5. The minimum absolute atomic E-state index is 0.0663. The third-order valence-corrected chi connectivity index (χ3v) is 14.3. The summed E-state index contributed by atoms with van der Waals surface area (Å²) in [5.41, 5.74) is 13.0. The second-order valence-corrected chi connectivity index (χ2v) is 20.6. The van der Waals surface area contributed by atoms with Gasteiger partial charge in [-0.1, -0.05) is 36.4 Å². The fraction of sp³-hybridized carbons (Fsp3) is 0.172. The van der Waals surface area contributed by atoms with Crippen LogP contribution in [0.3, 0.4) is 0 Å². The molecule has 65 heavy (non-hydrogen) atoms. The first-order valence-electron chi connectivity index (χ1n) is 23.7. The van der Waals surface area contributed by atoms with Gasteiger partial charge in [0.1, 0.15) is 0 Å². The van der Waals surface area contributed by atoms with Crippen molar-refractivity contribution in [2.75, 3.05) is 0 Å². The molecule has 0 fully saturated rings. The molecule has 0 bridgehead atoms. The Balaban J connectivity index is 1.05. The average Bonchev–Trinajstić information content (AvgIpc) is 4.00. The molecule has 5 aromatic heterocycles. The van der Waals surface area contributed by atoms with Crippen LogP contribution in [0.1, 0.15) is 67.9 Å². The van der Waals surface area contributed by atoms with Crippen molar-refractivity contribution in [1.82, 2.24) is 23.1 Å². The molecule has 0 atom stereocenters. The van der Waals surface area contributed by atoms with Crippen molar-refractivity contribution in [1.29, 1.82) is 0 Å². The fourth-order valence-electron chi connectivity index (χ4n) is 9.94. The normalized spacial score (nSPS) is 13.6. The van der Waals surface area contributed by atoms with Gasteiger partial charge in [0.05, 0.1) is 16.6 Å². The minimum Gasteiger partial charge on any atom is 0.0620 e. The number of hydrogen-bond acceptors (Lipinski definition) is 2. The topological polar surface area (TPSA) is 41.3 Å². The second kappa shape index (κ2) is 14.1. The zero-order valence-electron chi connectivity index (χ0n) is 40.4. The van der Waals surface area contributed by atoms with Crippen LogP contribution in [0, 0.1) is 17.6 Å². The second-order valence-electron chi connectivity index (χ2n) is 19.6. The van der Waals surface area contributed by atoms with Crippen molar-refractivity contribution in [3.8, 4) is 28.7 Å². The maximum absolute atomic E-state index is 8.68. The summed E-state index contributed by atoms with van der Waals surface area (Å²) in [7, 11) is 0. The molecule has 0 amide bonds. The third-order valence-electron chi connectivity index (χ3n) is 13.3. The van der Waals surface area contributed by atoms with Crippen molar-refractivity contribution in [2.45, 2.75) is 66.1 Å². The number of fused-ring (bicyclic) bond motifs is 10. The Labute approximate surface area is 392 Å². The standard InChI is InChI=1S/C58H49N5O.Pt/c1-35-24-25-59-55(26-35)62-51-31-41(22-23-43(51)46-32-47-45-16-13-15-44-42-14-9-10-17-48(42)63(56(44)45)53(47)33-52(46)62)64-54-30-39(21-20-36(54)2)60-34-61(50-19-12-11-18-49(50)60)40-28-37(57(3,4)5)27-38(29-40)58(6,7)8;/h9-33H,1-8H3;/i2D3;. The van der Waals surface area contributed by atoms with Gasteiger partial charge in [0.15, 0.2) is 0 Å². The maximum atomic E-state index is 8.68. The Morgan fingerprint density at radius 3 is 1.86 bits per heavy atom. The molecule has 322 valence electrons. The van der Waals surface area contributed by atoms with E-state index in [2.05, 4.69) is 189 Å². The largest absolute Gasteiger partial charge is 0.0620 e. The molecule has 0 radical (unpaired) electrons. The van der Waals surface area contributed by atoms with Crippen LogP contribution >= 0.6 is 0 Å². The smallest absolute Gasteiger partial charge is 0.0620 e. The Kier molecular flexibility index (Phi) is 7.95. The first kappa shape index (κ1) is 36.6. The zero-order chi connectivity index (χ0) is 47.2. The first-order chi connectivity index (χ1) is 32.4. The van der Waals surface area contributed by atoms with Crippen molar-refractivity contribution >= 4 is 70.9 Å². The van der Waals surface area contributed by atoms with Gasteiger partial charge in [-0.2, -0.15) is 0 Å². The van der Waals surface area contributed by atoms with E-state index in [4.69, 9.17) is 13.8 Å². The van der Waals surface area contributed by atoms with Crippen molar-refractivity contribution < 1.29 is 28.2 Å². The van der Waals surface area contributed by atoms with Crippen LogP contribution in [0.4, 0.5) is 0 Å². The Bertz CT molecular complexity index is 4080. The van der Waals surface area contributed by atoms with Gasteiger partial charge in [0.25, 0.3) is 0 Å². The molecular weight excluding hydrogens is 978 g/mol. The Morgan fingerprint density at radius 1 is 0.523 bits per heavy atom. The van der Waals surface area contributed by atoms with Crippen molar-refractivity contribution in [3.05, 3.63) is 178 Å². The Hall–Kier alpha value is -6.75. The van der Waals surface area contributed by atoms with E-state index in [0.717, 1.165) is 64.9 Å². The number of imidazole rings is 1. The van der Waals surface area contributed by atoms with E-state index in [0.29, 0.717) is 5.75 Å². The van der Waals surface area contributed by atoms with Crippen LogP contribution in [0.2, 0.25) is 0 Å². The summed E-state index contributed by atoms with van der Waals surface area (Å²) in [4.78, 5) is 4.92. The molecule has 7 heteroatoms. The van der Waals surface area contributed by atoms with E-state index in [1.165, 1.54) is 43.7 Å². The van der Waals surface area contributed by atoms with Crippen LogP contribution in [-0.4, -0.2) is 23.1 Å². The van der Waals surface area contributed by atoms with E-state index in [1.54, 1.807) is 6.07 Å². The van der Waals surface area contributed by atoms with Crippen LogP contribution in [-0.2, 0) is 30.2 Å². The number of benzene rings is 7. The summed E-state index contributed by atoms with van der Waals surface area (Å²) in [6, 6.07) is 50.8. The molecule has 0 saturated heterocycles. The summed E-state index contributed by atoms with van der Waals surface area (Å²) in [6.07, 6.45) is 1.85. The van der Waals surface area contributed by atoms with Gasteiger partial charge in [-0.05, 0) is 24.6 Å². The molecule has 0 unspecified atom stereocenters. The summed E-state index contributed by atoms with van der Waals surface area (Å²) in [5.74, 6) is 1.57. The molecule has 0 aliphatic carbocycles. The molecule has 0 spiro atoms.